The number of rotatable bonds is 3. The van der Waals surface area contributed by atoms with E-state index < -0.39 is 17.5 Å². The van der Waals surface area contributed by atoms with Gasteiger partial charge in [-0.3, -0.25) is 19.4 Å². The molecule has 2 aliphatic heterocycles. The fraction of sp³-hybridized carbons (Fsp3) is 0.478. The Morgan fingerprint density at radius 2 is 2.03 bits per heavy atom. The van der Waals surface area contributed by atoms with Crippen molar-refractivity contribution >= 4 is 28.5 Å². The van der Waals surface area contributed by atoms with E-state index in [1.807, 2.05) is 39.8 Å². The normalized spacial score (nSPS) is 24.7. The number of ether oxygens (including phenoxy) is 1. The van der Waals surface area contributed by atoms with Gasteiger partial charge >= 0.3 is 0 Å². The molecule has 0 saturated carbocycles. The van der Waals surface area contributed by atoms with Gasteiger partial charge in [0.15, 0.2) is 5.78 Å². The SMILES string of the molecule is C[C@@H]1CN(C(=O)[C@@H](NC(=O)c2ccc3ncccc3c2)C(C)(C)C)[C@@H]2C(=O)CO[C@H]12. The van der Waals surface area contributed by atoms with E-state index in [0.717, 1.165) is 10.9 Å². The molecule has 1 aromatic heterocycles. The molecule has 4 rings (SSSR count). The number of amides is 2. The van der Waals surface area contributed by atoms with Crippen LogP contribution >= 0.6 is 0 Å². The highest BCUT2D eigenvalue weighted by Gasteiger charge is 2.52. The van der Waals surface area contributed by atoms with Crippen LogP contribution in [0.5, 0.6) is 0 Å². The number of benzene rings is 1. The summed E-state index contributed by atoms with van der Waals surface area (Å²) in [5, 5.41) is 3.78. The molecular formula is C23H27N3O4. The Balaban J connectivity index is 1.59. The van der Waals surface area contributed by atoms with E-state index in [4.69, 9.17) is 4.74 Å². The second-order valence-electron chi connectivity index (χ2n) is 9.34. The van der Waals surface area contributed by atoms with Crippen LogP contribution in [0.4, 0.5) is 0 Å². The number of ketones is 1. The third-order valence-electron chi connectivity index (χ3n) is 5.98. The van der Waals surface area contributed by atoms with E-state index >= 15 is 0 Å². The summed E-state index contributed by atoms with van der Waals surface area (Å²) < 4.78 is 5.60. The minimum absolute atomic E-state index is 0.0428. The average Bonchev–Trinajstić information content (AvgIpc) is 3.25. The number of hydrogen-bond acceptors (Lipinski definition) is 5. The number of hydrogen-bond donors (Lipinski definition) is 1. The molecule has 1 N–H and O–H groups in total. The summed E-state index contributed by atoms with van der Waals surface area (Å²) in [4.78, 5) is 44.7. The molecule has 2 saturated heterocycles. The fourth-order valence-corrected chi connectivity index (χ4v) is 4.37. The van der Waals surface area contributed by atoms with Crippen molar-refractivity contribution in [2.45, 2.75) is 45.9 Å². The minimum Gasteiger partial charge on any atom is -0.367 e. The highest BCUT2D eigenvalue weighted by Crippen LogP contribution is 2.33. The first kappa shape index (κ1) is 20.5. The Bertz CT molecular complexity index is 1010. The Morgan fingerprint density at radius 3 is 2.77 bits per heavy atom. The van der Waals surface area contributed by atoms with Crippen LogP contribution in [0.15, 0.2) is 36.5 Å². The number of likely N-dealkylation sites (tertiary alicyclic amines) is 1. The van der Waals surface area contributed by atoms with E-state index in [1.54, 1.807) is 29.3 Å². The molecule has 2 amide bonds. The first-order valence-electron chi connectivity index (χ1n) is 10.3. The van der Waals surface area contributed by atoms with Crippen LogP contribution in [-0.2, 0) is 14.3 Å². The Kier molecular flexibility index (Phi) is 5.10. The van der Waals surface area contributed by atoms with Gasteiger partial charge in [-0.2, -0.15) is 0 Å². The van der Waals surface area contributed by atoms with E-state index in [1.165, 1.54) is 0 Å². The highest BCUT2D eigenvalue weighted by molar-refractivity contribution is 6.01. The van der Waals surface area contributed by atoms with Gasteiger partial charge < -0.3 is 15.0 Å². The van der Waals surface area contributed by atoms with Gasteiger partial charge in [0.05, 0.1) is 11.6 Å². The summed E-state index contributed by atoms with van der Waals surface area (Å²) in [6.07, 6.45) is 1.44. The van der Waals surface area contributed by atoms with Crippen LogP contribution in [0.3, 0.4) is 0 Å². The molecule has 2 aromatic rings. The zero-order chi connectivity index (χ0) is 21.6. The van der Waals surface area contributed by atoms with Crippen LogP contribution in [0.25, 0.3) is 10.9 Å². The van der Waals surface area contributed by atoms with Crippen LogP contribution in [0.1, 0.15) is 38.1 Å². The summed E-state index contributed by atoms with van der Waals surface area (Å²) in [7, 11) is 0. The second kappa shape index (κ2) is 7.47. The lowest BCUT2D eigenvalue weighted by atomic mass is 9.85. The van der Waals surface area contributed by atoms with Gasteiger partial charge in [0.25, 0.3) is 5.91 Å². The van der Waals surface area contributed by atoms with Gasteiger partial charge in [-0.15, -0.1) is 0 Å². The molecule has 0 aliphatic carbocycles. The summed E-state index contributed by atoms with van der Waals surface area (Å²) in [5.74, 6) is -0.559. The van der Waals surface area contributed by atoms with Crippen LogP contribution in [0.2, 0.25) is 0 Å². The zero-order valence-corrected chi connectivity index (χ0v) is 17.7. The average molecular weight is 409 g/mol. The predicted octanol–water partition coefficient (Wildman–Crippen LogP) is 2.19. The first-order chi connectivity index (χ1) is 14.2. The lowest BCUT2D eigenvalue weighted by Crippen LogP contribution is -2.57. The Morgan fingerprint density at radius 1 is 1.27 bits per heavy atom. The molecule has 1 aromatic carbocycles. The van der Waals surface area contributed by atoms with Gasteiger partial charge in [0.1, 0.15) is 18.7 Å². The van der Waals surface area contributed by atoms with Gasteiger partial charge in [0.2, 0.25) is 5.91 Å². The number of aromatic nitrogens is 1. The third kappa shape index (κ3) is 3.58. The number of carbonyl (C=O) groups excluding carboxylic acids is 3. The van der Waals surface area contributed by atoms with E-state index in [0.29, 0.717) is 12.1 Å². The lowest BCUT2D eigenvalue weighted by Gasteiger charge is -2.35. The maximum Gasteiger partial charge on any atom is 0.251 e. The smallest absolute Gasteiger partial charge is 0.251 e. The van der Waals surface area contributed by atoms with E-state index in [9.17, 15) is 14.4 Å². The van der Waals surface area contributed by atoms with Gasteiger partial charge in [-0.05, 0) is 29.7 Å². The summed E-state index contributed by atoms with van der Waals surface area (Å²) in [6, 6.07) is 7.65. The molecule has 0 radical (unpaired) electrons. The molecule has 30 heavy (non-hydrogen) atoms. The summed E-state index contributed by atoms with van der Waals surface area (Å²) >= 11 is 0. The molecule has 3 heterocycles. The number of carbonyl (C=O) groups is 3. The van der Waals surface area contributed by atoms with Crippen LogP contribution in [-0.4, -0.2) is 58.8 Å². The second-order valence-corrected chi connectivity index (χ2v) is 9.34. The molecule has 0 bridgehead atoms. The molecule has 4 atom stereocenters. The van der Waals surface area contributed by atoms with Crippen molar-refractivity contribution in [2.75, 3.05) is 13.2 Å². The van der Waals surface area contributed by atoms with Crippen molar-refractivity contribution in [1.82, 2.24) is 15.2 Å². The minimum atomic E-state index is -0.769. The Labute approximate surface area is 175 Å². The number of fused-ring (bicyclic) bond motifs is 2. The van der Waals surface area contributed by atoms with Crippen molar-refractivity contribution in [3.05, 3.63) is 42.1 Å². The highest BCUT2D eigenvalue weighted by atomic mass is 16.5. The quantitative estimate of drug-likeness (QED) is 0.840. The first-order valence-corrected chi connectivity index (χ1v) is 10.3. The van der Waals surface area contributed by atoms with Crippen LogP contribution < -0.4 is 5.32 Å². The number of Topliss-reactive ketones (excluding diaryl/α,β-unsaturated/α-hetero) is 1. The lowest BCUT2D eigenvalue weighted by molar-refractivity contribution is -0.140. The number of nitrogens with one attached hydrogen (secondary N) is 1. The molecule has 2 fully saturated rings. The molecular weight excluding hydrogens is 382 g/mol. The zero-order valence-electron chi connectivity index (χ0n) is 17.7. The molecule has 0 spiro atoms. The molecule has 7 heteroatoms. The summed E-state index contributed by atoms with van der Waals surface area (Å²) in [5.41, 5.74) is 0.731. The summed E-state index contributed by atoms with van der Waals surface area (Å²) in [6.45, 7) is 8.20. The molecule has 2 aliphatic rings. The van der Waals surface area contributed by atoms with Crippen molar-refractivity contribution < 1.29 is 19.1 Å². The maximum atomic E-state index is 13.5. The van der Waals surface area contributed by atoms with Crippen molar-refractivity contribution in [2.24, 2.45) is 11.3 Å². The largest absolute Gasteiger partial charge is 0.367 e. The topological polar surface area (TPSA) is 88.6 Å². The molecule has 0 unspecified atom stereocenters. The van der Waals surface area contributed by atoms with Gasteiger partial charge in [-0.25, -0.2) is 0 Å². The molecule has 7 nitrogen and oxygen atoms in total. The van der Waals surface area contributed by atoms with E-state index in [2.05, 4.69) is 10.3 Å². The Hall–Kier alpha value is -2.80. The predicted molar refractivity (Wildman–Crippen MR) is 112 cm³/mol. The third-order valence-corrected chi connectivity index (χ3v) is 5.98. The van der Waals surface area contributed by atoms with Gasteiger partial charge in [-0.1, -0.05) is 33.8 Å². The molecule has 158 valence electrons. The number of nitrogens with zero attached hydrogens (tertiary/aromatic N) is 2. The van der Waals surface area contributed by atoms with Crippen molar-refractivity contribution in [3.63, 3.8) is 0 Å². The van der Waals surface area contributed by atoms with E-state index in [-0.39, 0.29) is 36.2 Å². The number of pyridine rings is 1. The van der Waals surface area contributed by atoms with Crippen molar-refractivity contribution in [1.29, 1.82) is 0 Å². The van der Waals surface area contributed by atoms with Gasteiger partial charge in [0, 0.05) is 29.6 Å². The van der Waals surface area contributed by atoms with Crippen LogP contribution in [0, 0.1) is 11.3 Å². The monoisotopic (exact) mass is 409 g/mol. The standard InChI is InChI=1S/C23H27N3O4/c1-13-11-26(18-17(27)12-30-19(13)18)22(29)20(23(2,3)4)25-21(28)15-7-8-16-14(10-15)6-5-9-24-16/h5-10,13,18-20H,11-12H2,1-4H3,(H,25,28)/t13-,18-,19-,20-/m1/s1. The fourth-order valence-electron chi connectivity index (χ4n) is 4.37. The maximum absolute atomic E-state index is 13.5. The van der Waals surface area contributed by atoms with Crippen molar-refractivity contribution in [3.8, 4) is 0 Å².